The van der Waals surface area contributed by atoms with Crippen LogP contribution in [0, 0.1) is 0 Å². The molecule has 2 N–H and O–H groups in total. The van der Waals surface area contributed by atoms with Gasteiger partial charge in [-0.15, -0.1) is 12.4 Å². The monoisotopic (exact) mass is 296 g/mol. The average Bonchev–Trinajstić information content (AvgIpc) is 2.26. The molecule has 0 radical (unpaired) electrons. The average molecular weight is 297 g/mol. The van der Waals surface area contributed by atoms with Gasteiger partial charge >= 0.3 is 6.18 Å². The second kappa shape index (κ2) is 5.30. The number of nitrogens with two attached hydrogens (primary N) is 1. The molecule has 1 atom stereocenters. The molecule has 0 bridgehead atoms. The summed E-state index contributed by atoms with van der Waals surface area (Å²) in [5.41, 5.74) is 5.44. The number of rotatable bonds is 1. The molecule has 2 rings (SSSR count). The number of halogens is 5. The summed E-state index contributed by atoms with van der Waals surface area (Å²) in [4.78, 5) is 3.90. The lowest BCUT2D eigenvalue weighted by Crippen LogP contribution is -2.28. The summed E-state index contributed by atoms with van der Waals surface area (Å²) in [5, 5.41) is 0.361. The van der Waals surface area contributed by atoms with Crippen LogP contribution in [0.25, 0.3) is 10.9 Å². The molecule has 2 nitrogen and oxygen atoms in total. The van der Waals surface area contributed by atoms with E-state index in [4.69, 9.17) is 17.3 Å². The van der Waals surface area contributed by atoms with Gasteiger partial charge in [0.15, 0.2) is 0 Å². The van der Waals surface area contributed by atoms with Crippen LogP contribution in [0.5, 0.6) is 0 Å². The van der Waals surface area contributed by atoms with E-state index >= 15 is 0 Å². The van der Waals surface area contributed by atoms with Gasteiger partial charge in [-0.2, -0.15) is 13.2 Å². The molecule has 1 heterocycles. The van der Waals surface area contributed by atoms with Crippen LogP contribution in [0.2, 0.25) is 5.15 Å². The quantitative estimate of drug-likeness (QED) is 0.811. The molecule has 0 saturated heterocycles. The minimum absolute atomic E-state index is 0. The molecule has 0 aliphatic heterocycles. The molecule has 1 aromatic heterocycles. The van der Waals surface area contributed by atoms with Crippen molar-refractivity contribution in [1.82, 2.24) is 4.98 Å². The molecule has 0 fully saturated rings. The Kier molecular flexibility index (Phi) is 4.42. The Labute approximate surface area is 112 Å². The second-order valence-electron chi connectivity index (χ2n) is 3.58. The minimum Gasteiger partial charge on any atom is -0.316 e. The zero-order valence-electron chi connectivity index (χ0n) is 8.91. The zero-order chi connectivity index (χ0) is 12.6. The fraction of sp³-hybridized carbons (Fsp3) is 0.182. The molecule has 0 amide bonds. The summed E-state index contributed by atoms with van der Waals surface area (Å²) in [7, 11) is 0. The Balaban J connectivity index is 0.00000162. The van der Waals surface area contributed by atoms with E-state index in [1.807, 2.05) is 0 Å². The smallest absolute Gasteiger partial charge is 0.316 e. The number of pyridine rings is 1. The van der Waals surface area contributed by atoms with Crippen LogP contribution in [0.4, 0.5) is 13.2 Å². The molecular formula is C11H9Cl2F3N2. The van der Waals surface area contributed by atoms with Crippen molar-refractivity contribution in [2.75, 3.05) is 0 Å². The zero-order valence-corrected chi connectivity index (χ0v) is 10.5. The molecule has 0 aliphatic rings. The fourth-order valence-corrected chi connectivity index (χ4v) is 1.77. The number of nitrogens with zero attached hydrogens (tertiary/aromatic N) is 1. The third-order valence-corrected chi connectivity index (χ3v) is 2.70. The van der Waals surface area contributed by atoms with Gasteiger partial charge in [-0.1, -0.05) is 29.8 Å². The van der Waals surface area contributed by atoms with Crippen LogP contribution < -0.4 is 5.73 Å². The molecule has 0 unspecified atom stereocenters. The van der Waals surface area contributed by atoms with Crippen molar-refractivity contribution in [3.63, 3.8) is 0 Å². The van der Waals surface area contributed by atoms with Gasteiger partial charge in [0.1, 0.15) is 11.2 Å². The van der Waals surface area contributed by atoms with E-state index in [1.54, 1.807) is 24.3 Å². The van der Waals surface area contributed by atoms with E-state index < -0.39 is 12.2 Å². The van der Waals surface area contributed by atoms with Gasteiger partial charge in [-0.3, -0.25) is 0 Å². The van der Waals surface area contributed by atoms with Gasteiger partial charge in [0, 0.05) is 10.9 Å². The topological polar surface area (TPSA) is 38.9 Å². The SMILES string of the molecule is Cl.N[C@@H](c1cc2ccccc2nc1Cl)C(F)(F)F. The summed E-state index contributed by atoms with van der Waals surface area (Å²) in [6, 6.07) is 5.97. The van der Waals surface area contributed by atoms with Crippen LogP contribution >= 0.6 is 24.0 Å². The predicted molar refractivity (Wildman–Crippen MR) is 67.0 cm³/mol. The number of hydrogen-bond donors (Lipinski definition) is 1. The van der Waals surface area contributed by atoms with E-state index in [-0.39, 0.29) is 23.1 Å². The highest BCUT2D eigenvalue weighted by atomic mass is 35.5. The maximum Gasteiger partial charge on any atom is 0.407 e. The molecule has 0 aliphatic carbocycles. The van der Waals surface area contributed by atoms with Crippen molar-refractivity contribution in [3.8, 4) is 0 Å². The number of alkyl halides is 3. The molecule has 18 heavy (non-hydrogen) atoms. The largest absolute Gasteiger partial charge is 0.407 e. The first kappa shape index (κ1) is 15.0. The number of benzene rings is 1. The third-order valence-electron chi connectivity index (χ3n) is 2.39. The lowest BCUT2D eigenvalue weighted by atomic mass is 10.1. The van der Waals surface area contributed by atoms with Gasteiger partial charge in [0.05, 0.1) is 5.52 Å². The fourth-order valence-electron chi connectivity index (χ4n) is 1.50. The van der Waals surface area contributed by atoms with Gasteiger partial charge in [-0.25, -0.2) is 4.98 Å². The van der Waals surface area contributed by atoms with Crippen LogP contribution in [0.15, 0.2) is 30.3 Å². The first-order chi connectivity index (χ1) is 7.89. The van der Waals surface area contributed by atoms with Crippen molar-refractivity contribution in [1.29, 1.82) is 0 Å². The van der Waals surface area contributed by atoms with E-state index in [9.17, 15) is 13.2 Å². The lowest BCUT2D eigenvalue weighted by Gasteiger charge is -2.17. The second-order valence-corrected chi connectivity index (χ2v) is 3.94. The van der Waals surface area contributed by atoms with E-state index in [2.05, 4.69) is 4.98 Å². The van der Waals surface area contributed by atoms with Gasteiger partial charge in [-0.05, 0) is 12.1 Å². The van der Waals surface area contributed by atoms with E-state index in [0.29, 0.717) is 10.9 Å². The highest BCUT2D eigenvalue weighted by molar-refractivity contribution is 6.30. The third kappa shape index (κ3) is 2.85. The molecule has 2 aromatic rings. The van der Waals surface area contributed by atoms with Gasteiger partial charge in [0.25, 0.3) is 0 Å². The number of fused-ring (bicyclic) bond motifs is 1. The minimum atomic E-state index is -4.53. The molecule has 0 spiro atoms. The highest BCUT2D eigenvalue weighted by Crippen LogP contribution is 2.34. The Morgan fingerprint density at radius 2 is 1.83 bits per heavy atom. The molecular weight excluding hydrogens is 288 g/mol. The maximum absolute atomic E-state index is 12.5. The Bertz CT molecular complexity index is 557. The summed E-state index contributed by atoms with van der Waals surface area (Å²) in [6.45, 7) is 0. The van der Waals surface area contributed by atoms with Crippen LogP contribution in [0.3, 0.4) is 0 Å². The van der Waals surface area contributed by atoms with Crippen molar-refractivity contribution < 1.29 is 13.2 Å². The number of aromatic nitrogens is 1. The van der Waals surface area contributed by atoms with Crippen molar-refractivity contribution >= 4 is 34.9 Å². The summed E-state index contributed by atoms with van der Waals surface area (Å²) < 4.78 is 37.5. The normalized spacial score (nSPS) is 13.2. The predicted octanol–water partition coefficient (Wildman–Crippen LogP) is 3.87. The Hall–Kier alpha value is -1.04. The van der Waals surface area contributed by atoms with Crippen LogP contribution in [-0.2, 0) is 0 Å². The Morgan fingerprint density at radius 1 is 1.22 bits per heavy atom. The van der Waals surface area contributed by atoms with Crippen molar-refractivity contribution in [3.05, 3.63) is 41.0 Å². The highest BCUT2D eigenvalue weighted by Gasteiger charge is 2.39. The summed E-state index contributed by atoms with van der Waals surface area (Å²) >= 11 is 5.71. The summed E-state index contributed by atoms with van der Waals surface area (Å²) in [5.74, 6) is 0. The van der Waals surface area contributed by atoms with Gasteiger partial charge < -0.3 is 5.73 Å². The van der Waals surface area contributed by atoms with Crippen molar-refractivity contribution in [2.45, 2.75) is 12.2 Å². The summed E-state index contributed by atoms with van der Waals surface area (Å²) in [6.07, 6.45) is -4.53. The molecule has 0 saturated carbocycles. The molecule has 98 valence electrons. The van der Waals surface area contributed by atoms with Crippen molar-refractivity contribution in [2.24, 2.45) is 5.73 Å². The number of para-hydroxylation sites is 1. The van der Waals surface area contributed by atoms with Crippen LogP contribution in [0.1, 0.15) is 11.6 Å². The first-order valence-corrected chi connectivity index (χ1v) is 5.15. The first-order valence-electron chi connectivity index (χ1n) is 4.77. The lowest BCUT2D eigenvalue weighted by molar-refractivity contribution is -0.149. The Morgan fingerprint density at radius 3 is 2.44 bits per heavy atom. The van der Waals surface area contributed by atoms with E-state index in [1.165, 1.54) is 6.07 Å². The standard InChI is InChI=1S/C11H8ClF3N2.ClH/c12-10-7(9(16)11(13,14)15)5-6-3-1-2-4-8(6)17-10;/h1-5,9H,16H2;1H/t9-;/m0./s1. The molecule has 7 heteroatoms. The van der Waals surface area contributed by atoms with Gasteiger partial charge in [0.2, 0.25) is 0 Å². The molecule has 1 aromatic carbocycles. The number of hydrogen-bond acceptors (Lipinski definition) is 2. The maximum atomic E-state index is 12.5. The van der Waals surface area contributed by atoms with Crippen LogP contribution in [-0.4, -0.2) is 11.2 Å². The van der Waals surface area contributed by atoms with E-state index in [0.717, 1.165) is 0 Å².